The van der Waals surface area contributed by atoms with Crippen molar-refractivity contribution in [3.8, 4) is 0 Å². The largest absolute Gasteiger partial charge is 0.390 e. The van der Waals surface area contributed by atoms with Crippen LogP contribution in [0.15, 0.2) is 40.9 Å². The van der Waals surface area contributed by atoms with Gasteiger partial charge in [0.1, 0.15) is 5.82 Å². The molecule has 2 aliphatic rings. The molecular formula is C21H22BrFN2O2. The molecular weight excluding hydrogens is 411 g/mol. The van der Waals surface area contributed by atoms with Gasteiger partial charge < -0.3 is 10.0 Å². The number of halogens is 2. The molecule has 142 valence electrons. The van der Waals surface area contributed by atoms with Gasteiger partial charge in [0.15, 0.2) is 0 Å². The molecule has 1 N–H and O–H groups in total. The Hall–Kier alpha value is -1.76. The number of amides is 1. The van der Waals surface area contributed by atoms with Gasteiger partial charge in [-0.1, -0.05) is 40.2 Å². The lowest BCUT2D eigenvalue weighted by Crippen LogP contribution is -2.46. The maximum Gasteiger partial charge on any atom is 0.257 e. The van der Waals surface area contributed by atoms with Gasteiger partial charge in [0, 0.05) is 37.2 Å². The summed E-state index contributed by atoms with van der Waals surface area (Å²) < 4.78 is 14.9. The summed E-state index contributed by atoms with van der Waals surface area (Å²) in [6, 6.07) is 11.5. The first-order valence-electron chi connectivity index (χ1n) is 9.25. The third-order valence-electron chi connectivity index (χ3n) is 5.40. The average Bonchev–Trinajstić information content (AvgIpc) is 2.63. The second-order valence-electron chi connectivity index (χ2n) is 7.33. The van der Waals surface area contributed by atoms with Crippen LogP contribution in [0.25, 0.3) is 0 Å². The molecule has 6 heteroatoms. The highest BCUT2D eigenvalue weighted by Gasteiger charge is 2.29. The standard InChI is InChI=1S/C21H22BrFN2O2/c22-17-9-15-6-8-25(21(27)20(15)19(23)10-17)13-18(26)12-24-7-5-14-3-1-2-4-16(14)11-24/h1-4,9-10,18,26H,5-8,11-13H2/t18-/m1/s1. The van der Waals surface area contributed by atoms with E-state index in [9.17, 15) is 14.3 Å². The van der Waals surface area contributed by atoms with Gasteiger partial charge in [-0.25, -0.2) is 4.39 Å². The van der Waals surface area contributed by atoms with Crippen molar-refractivity contribution in [1.29, 1.82) is 0 Å². The second kappa shape index (κ2) is 7.70. The number of β-amino-alcohol motifs (C(OH)–C–C–N with tert-alkyl or cyclic N) is 1. The molecule has 2 aromatic rings. The van der Waals surface area contributed by atoms with Crippen LogP contribution in [-0.2, 0) is 19.4 Å². The average molecular weight is 433 g/mol. The molecule has 1 amide bonds. The van der Waals surface area contributed by atoms with Gasteiger partial charge >= 0.3 is 0 Å². The van der Waals surface area contributed by atoms with Crippen molar-refractivity contribution in [2.45, 2.75) is 25.5 Å². The van der Waals surface area contributed by atoms with E-state index in [-0.39, 0.29) is 18.0 Å². The number of hydrogen-bond donors (Lipinski definition) is 1. The second-order valence-corrected chi connectivity index (χ2v) is 8.25. The third kappa shape index (κ3) is 3.93. The zero-order chi connectivity index (χ0) is 19.0. The molecule has 0 bridgehead atoms. The summed E-state index contributed by atoms with van der Waals surface area (Å²) >= 11 is 3.27. The van der Waals surface area contributed by atoms with Crippen LogP contribution in [0, 0.1) is 5.82 Å². The minimum absolute atomic E-state index is 0.142. The number of aliphatic hydroxyl groups is 1. The van der Waals surface area contributed by atoms with Gasteiger partial charge in [0.2, 0.25) is 0 Å². The number of benzene rings is 2. The summed E-state index contributed by atoms with van der Waals surface area (Å²) in [6.45, 7) is 2.95. The Kier molecular flexibility index (Phi) is 5.30. The molecule has 0 aliphatic carbocycles. The summed E-state index contributed by atoms with van der Waals surface area (Å²) in [5, 5.41) is 10.5. The first kappa shape index (κ1) is 18.6. The number of aliphatic hydroxyl groups excluding tert-OH is 1. The van der Waals surface area contributed by atoms with Gasteiger partial charge in [-0.15, -0.1) is 0 Å². The first-order chi connectivity index (χ1) is 13.0. The van der Waals surface area contributed by atoms with E-state index < -0.39 is 11.9 Å². The van der Waals surface area contributed by atoms with Crippen LogP contribution < -0.4 is 0 Å². The summed E-state index contributed by atoms with van der Waals surface area (Å²) in [6.07, 6.45) is 0.916. The molecule has 27 heavy (non-hydrogen) atoms. The summed E-state index contributed by atoms with van der Waals surface area (Å²) in [5.41, 5.74) is 3.54. The molecule has 4 nitrogen and oxygen atoms in total. The highest BCUT2D eigenvalue weighted by atomic mass is 79.9. The number of fused-ring (bicyclic) bond motifs is 2. The van der Waals surface area contributed by atoms with Crippen LogP contribution in [0.1, 0.15) is 27.0 Å². The van der Waals surface area contributed by atoms with Gasteiger partial charge in [0.05, 0.1) is 11.7 Å². The summed E-state index contributed by atoms with van der Waals surface area (Å²) in [4.78, 5) is 16.5. The normalized spacial score (nSPS) is 18.2. The Morgan fingerprint density at radius 3 is 2.63 bits per heavy atom. The van der Waals surface area contributed by atoms with E-state index in [1.807, 2.05) is 6.07 Å². The van der Waals surface area contributed by atoms with Crippen LogP contribution in [0.3, 0.4) is 0 Å². The topological polar surface area (TPSA) is 43.8 Å². The maximum atomic E-state index is 14.3. The van der Waals surface area contributed by atoms with Gasteiger partial charge in [0.25, 0.3) is 5.91 Å². The molecule has 0 spiro atoms. The predicted molar refractivity (Wildman–Crippen MR) is 105 cm³/mol. The molecule has 0 saturated heterocycles. The minimum atomic E-state index is -0.653. The SMILES string of the molecule is O=C1c2c(F)cc(Br)cc2CCN1C[C@H](O)CN1CCc2ccccc2C1. The van der Waals surface area contributed by atoms with E-state index >= 15 is 0 Å². The smallest absolute Gasteiger partial charge is 0.257 e. The highest BCUT2D eigenvalue weighted by Crippen LogP contribution is 2.26. The van der Waals surface area contributed by atoms with Crippen molar-refractivity contribution in [1.82, 2.24) is 9.80 Å². The van der Waals surface area contributed by atoms with Crippen molar-refractivity contribution >= 4 is 21.8 Å². The van der Waals surface area contributed by atoms with Crippen LogP contribution in [0.5, 0.6) is 0 Å². The Bertz CT molecular complexity index is 873. The molecule has 2 heterocycles. The fourth-order valence-electron chi connectivity index (χ4n) is 4.07. The Labute approximate surface area is 166 Å². The highest BCUT2D eigenvalue weighted by molar-refractivity contribution is 9.10. The summed E-state index contributed by atoms with van der Waals surface area (Å²) in [5.74, 6) is -0.833. The molecule has 2 aliphatic heterocycles. The number of carbonyl (C=O) groups excluding carboxylic acids is 1. The van der Waals surface area contributed by atoms with Crippen LogP contribution in [-0.4, -0.2) is 53.1 Å². The van der Waals surface area contributed by atoms with Crippen molar-refractivity contribution < 1.29 is 14.3 Å². The van der Waals surface area contributed by atoms with Crippen molar-refractivity contribution in [2.24, 2.45) is 0 Å². The molecule has 0 radical (unpaired) electrons. The van der Waals surface area contributed by atoms with Crippen LogP contribution in [0.4, 0.5) is 4.39 Å². The fraction of sp³-hybridized carbons (Fsp3) is 0.381. The quantitative estimate of drug-likeness (QED) is 0.807. The van der Waals surface area contributed by atoms with Gasteiger partial charge in [-0.2, -0.15) is 0 Å². The Balaban J connectivity index is 1.39. The van der Waals surface area contributed by atoms with Gasteiger partial charge in [-0.05, 0) is 41.7 Å². The van der Waals surface area contributed by atoms with Crippen molar-refractivity contribution in [2.75, 3.05) is 26.2 Å². The van der Waals surface area contributed by atoms with Crippen molar-refractivity contribution in [3.05, 3.63) is 68.9 Å². The fourth-order valence-corrected chi connectivity index (χ4v) is 4.55. The molecule has 2 aromatic carbocycles. The van der Waals surface area contributed by atoms with E-state index in [0.29, 0.717) is 24.0 Å². The lowest BCUT2D eigenvalue weighted by molar-refractivity contribution is 0.0488. The zero-order valence-corrected chi connectivity index (χ0v) is 16.6. The molecule has 1 atom stereocenters. The molecule has 0 fully saturated rings. The number of hydrogen-bond acceptors (Lipinski definition) is 3. The lowest BCUT2D eigenvalue weighted by atomic mass is 9.98. The van der Waals surface area contributed by atoms with E-state index in [4.69, 9.17) is 0 Å². The molecule has 0 aromatic heterocycles. The lowest BCUT2D eigenvalue weighted by Gasteiger charge is -2.34. The predicted octanol–water partition coefficient (Wildman–Crippen LogP) is 3.01. The Morgan fingerprint density at radius 2 is 1.81 bits per heavy atom. The molecule has 0 saturated carbocycles. The molecule has 4 rings (SSSR count). The van der Waals surface area contributed by atoms with E-state index in [1.165, 1.54) is 17.2 Å². The monoisotopic (exact) mass is 432 g/mol. The van der Waals surface area contributed by atoms with Gasteiger partial charge in [-0.3, -0.25) is 9.69 Å². The van der Waals surface area contributed by atoms with E-state index in [0.717, 1.165) is 25.1 Å². The van der Waals surface area contributed by atoms with E-state index in [2.05, 4.69) is 39.0 Å². The van der Waals surface area contributed by atoms with Crippen LogP contribution in [0.2, 0.25) is 0 Å². The maximum absolute atomic E-state index is 14.3. The zero-order valence-electron chi connectivity index (χ0n) is 15.0. The first-order valence-corrected chi connectivity index (χ1v) is 10.0. The summed E-state index contributed by atoms with van der Waals surface area (Å²) in [7, 11) is 0. The minimum Gasteiger partial charge on any atom is -0.390 e. The Morgan fingerprint density at radius 1 is 1.07 bits per heavy atom. The number of nitrogens with zero attached hydrogens (tertiary/aromatic N) is 2. The number of carbonyl (C=O) groups is 1. The number of rotatable bonds is 4. The van der Waals surface area contributed by atoms with Crippen LogP contribution >= 0.6 is 15.9 Å². The third-order valence-corrected chi connectivity index (χ3v) is 5.86. The van der Waals surface area contributed by atoms with Crippen molar-refractivity contribution in [3.63, 3.8) is 0 Å². The molecule has 0 unspecified atom stereocenters. The van der Waals surface area contributed by atoms with E-state index in [1.54, 1.807) is 11.0 Å².